The maximum Gasteiger partial charge on any atom is 0.272 e. The molecule has 0 fully saturated rings. The van der Waals surface area contributed by atoms with Gasteiger partial charge in [-0.25, -0.2) is 9.37 Å². The molecule has 2 aromatic heterocycles. The zero-order valence-corrected chi connectivity index (χ0v) is 16.6. The number of ether oxygens (including phenoxy) is 2. The predicted molar refractivity (Wildman–Crippen MR) is 106 cm³/mol. The van der Waals surface area contributed by atoms with Crippen LogP contribution in [0.2, 0.25) is 0 Å². The fraction of sp³-hybridized carbons (Fsp3) is 0.286. The van der Waals surface area contributed by atoms with E-state index < -0.39 is 23.0 Å². The summed E-state index contributed by atoms with van der Waals surface area (Å²) in [6.07, 6.45) is 3.42. The van der Waals surface area contributed by atoms with E-state index in [0.29, 0.717) is 22.8 Å². The maximum absolute atomic E-state index is 13.6. The Morgan fingerprint density at radius 2 is 1.90 bits per heavy atom. The van der Waals surface area contributed by atoms with Crippen molar-refractivity contribution in [2.24, 2.45) is 0 Å². The average Bonchev–Trinajstić information content (AvgIpc) is 3.15. The van der Waals surface area contributed by atoms with Gasteiger partial charge in [0, 0.05) is 11.0 Å². The molecule has 0 saturated heterocycles. The van der Waals surface area contributed by atoms with Crippen LogP contribution in [-0.4, -0.2) is 21.7 Å². The topological polar surface area (TPSA) is 110 Å². The molecule has 3 aromatic rings. The summed E-state index contributed by atoms with van der Waals surface area (Å²) in [6.45, 7) is 5.79. The minimum Gasteiger partial charge on any atom is -0.467 e. The number of nitrogens with one attached hydrogen (secondary N) is 2. The van der Waals surface area contributed by atoms with Crippen molar-refractivity contribution in [2.75, 3.05) is 6.79 Å². The minimum atomic E-state index is -0.751. The lowest BCUT2D eigenvalue weighted by atomic mass is 9.92. The molecule has 1 aliphatic rings. The first-order valence-corrected chi connectivity index (χ1v) is 9.26. The summed E-state index contributed by atoms with van der Waals surface area (Å²) in [5.41, 5.74) is -0.497. The highest BCUT2D eigenvalue weighted by atomic mass is 19.1. The fourth-order valence-corrected chi connectivity index (χ4v) is 3.19. The lowest BCUT2D eigenvalue weighted by Gasteiger charge is -2.23. The molecule has 0 amide bonds. The number of aromatic nitrogens is 3. The van der Waals surface area contributed by atoms with Crippen LogP contribution in [0.3, 0.4) is 0 Å². The summed E-state index contributed by atoms with van der Waals surface area (Å²) in [4.78, 5) is 34.4. The average molecular weight is 413 g/mol. The maximum atomic E-state index is 13.6. The second-order valence-electron chi connectivity index (χ2n) is 7.89. The molecule has 0 spiro atoms. The minimum absolute atomic E-state index is 0.00420. The van der Waals surface area contributed by atoms with Crippen molar-refractivity contribution in [1.29, 1.82) is 0 Å². The van der Waals surface area contributed by atoms with Gasteiger partial charge in [0.2, 0.25) is 0 Å². The molecule has 156 valence electrons. The Kier molecular flexibility index (Phi) is 4.90. The van der Waals surface area contributed by atoms with E-state index in [-0.39, 0.29) is 22.9 Å². The van der Waals surface area contributed by atoms with Gasteiger partial charge in [-0.2, -0.15) is 0 Å². The number of nitrogens with zero attached hydrogens (tertiary/aromatic N) is 1. The Morgan fingerprint density at radius 3 is 2.67 bits per heavy atom. The first-order chi connectivity index (χ1) is 14.2. The highest BCUT2D eigenvalue weighted by Gasteiger charge is 2.23. The molecule has 1 atom stereocenters. The van der Waals surface area contributed by atoms with Crippen molar-refractivity contribution in [3.05, 3.63) is 78.8 Å². The van der Waals surface area contributed by atoms with Crippen LogP contribution in [-0.2, 0) is 10.2 Å². The third-order valence-corrected chi connectivity index (χ3v) is 4.60. The molecule has 2 N–H and O–H groups in total. The number of hydrogen-bond acceptors (Lipinski definition) is 6. The molecule has 30 heavy (non-hydrogen) atoms. The van der Waals surface area contributed by atoms with E-state index in [9.17, 15) is 14.0 Å². The summed E-state index contributed by atoms with van der Waals surface area (Å²) < 4.78 is 29.9. The number of fused-ring (bicyclic) bond motifs is 1. The molecule has 9 heteroatoms. The standard InChI is InChI=1S/C21H20FN3O5/c1-21(2,3)18-13(23-9-28-18)7-14-19(26)25-15(20(27)24-14)8-17-12-6-11(22)4-5-16(12)29-10-30-17/h4-9,17H,10H2,1-3H3,(H,24,27)(H,25,26)/b14-7-,15-8-. The SMILES string of the molecule is CC(C)(C)c1ocnc1/C=c1\[nH]c(=O)/c(=C/C2OCOc3ccc(F)cc32)[nH]c1=O. The Hall–Kier alpha value is -3.46. The fourth-order valence-electron chi connectivity index (χ4n) is 3.19. The van der Waals surface area contributed by atoms with E-state index in [2.05, 4.69) is 15.0 Å². The van der Waals surface area contributed by atoms with Crippen LogP contribution in [0.4, 0.5) is 4.39 Å². The Balaban J connectivity index is 1.79. The molecule has 1 aliphatic heterocycles. The zero-order chi connectivity index (χ0) is 21.5. The predicted octanol–water partition coefficient (Wildman–Crippen LogP) is 1.20. The molecule has 1 aromatic carbocycles. The first kappa shape index (κ1) is 19.8. The van der Waals surface area contributed by atoms with Gasteiger partial charge in [0.25, 0.3) is 11.1 Å². The van der Waals surface area contributed by atoms with Gasteiger partial charge in [-0.05, 0) is 30.4 Å². The van der Waals surface area contributed by atoms with Crippen molar-refractivity contribution in [3.63, 3.8) is 0 Å². The van der Waals surface area contributed by atoms with E-state index in [1.54, 1.807) is 0 Å². The van der Waals surface area contributed by atoms with E-state index in [1.165, 1.54) is 36.7 Å². The third kappa shape index (κ3) is 3.84. The normalized spacial score (nSPS) is 17.7. The summed E-state index contributed by atoms with van der Waals surface area (Å²) in [6, 6.07) is 4.03. The quantitative estimate of drug-likeness (QED) is 0.653. The molecule has 0 bridgehead atoms. The van der Waals surface area contributed by atoms with E-state index in [0.717, 1.165) is 0 Å². The number of benzene rings is 1. The van der Waals surface area contributed by atoms with Crippen LogP contribution < -0.4 is 26.6 Å². The van der Waals surface area contributed by atoms with Crippen molar-refractivity contribution >= 4 is 12.2 Å². The lowest BCUT2D eigenvalue weighted by molar-refractivity contribution is -0.0326. The van der Waals surface area contributed by atoms with Crippen LogP contribution in [0.5, 0.6) is 5.75 Å². The van der Waals surface area contributed by atoms with Crippen LogP contribution in [0.15, 0.2) is 38.6 Å². The number of H-pyrrole nitrogens is 2. The summed E-state index contributed by atoms with van der Waals surface area (Å²) in [7, 11) is 0. The molecule has 0 aliphatic carbocycles. The number of hydrogen-bond donors (Lipinski definition) is 2. The second kappa shape index (κ2) is 7.42. The van der Waals surface area contributed by atoms with Gasteiger partial charge in [-0.15, -0.1) is 0 Å². The van der Waals surface area contributed by atoms with Gasteiger partial charge in [-0.1, -0.05) is 20.8 Å². The summed E-state index contributed by atoms with van der Waals surface area (Å²) >= 11 is 0. The summed E-state index contributed by atoms with van der Waals surface area (Å²) in [5.74, 6) is 0.580. The highest BCUT2D eigenvalue weighted by Crippen LogP contribution is 2.33. The smallest absolute Gasteiger partial charge is 0.272 e. The highest BCUT2D eigenvalue weighted by molar-refractivity contribution is 5.47. The van der Waals surface area contributed by atoms with Gasteiger partial charge in [0.15, 0.2) is 13.2 Å². The number of oxazole rings is 1. The Morgan fingerprint density at radius 1 is 1.17 bits per heavy atom. The van der Waals surface area contributed by atoms with Gasteiger partial charge < -0.3 is 23.9 Å². The molecular formula is C21H20FN3O5. The van der Waals surface area contributed by atoms with E-state index in [1.807, 2.05) is 20.8 Å². The van der Waals surface area contributed by atoms with Gasteiger partial charge in [0.05, 0.1) is 0 Å². The lowest BCUT2D eigenvalue weighted by Crippen LogP contribution is -2.47. The summed E-state index contributed by atoms with van der Waals surface area (Å²) in [5, 5.41) is 0.0337. The largest absolute Gasteiger partial charge is 0.467 e. The van der Waals surface area contributed by atoms with E-state index >= 15 is 0 Å². The van der Waals surface area contributed by atoms with Crippen molar-refractivity contribution in [3.8, 4) is 5.75 Å². The number of halogens is 1. The molecule has 8 nitrogen and oxygen atoms in total. The Labute approximate surface area is 169 Å². The van der Waals surface area contributed by atoms with Crippen molar-refractivity contribution in [2.45, 2.75) is 32.3 Å². The van der Waals surface area contributed by atoms with Crippen LogP contribution in [0, 0.1) is 5.82 Å². The van der Waals surface area contributed by atoms with Crippen molar-refractivity contribution < 1.29 is 18.3 Å². The van der Waals surface area contributed by atoms with Crippen LogP contribution in [0.25, 0.3) is 12.2 Å². The second-order valence-corrected chi connectivity index (χ2v) is 7.89. The molecule has 1 unspecified atom stereocenters. The molecule has 0 saturated carbocycles. The Bertz CT molecular complexity index is 1330. The monoisotopic (exact) mass is 413 g/mol. The van der Waals surface area contributed by atoms with Crippen LogP contribution in [0.1, 0.15) is 43.9 Å². The molecule has 4 rings (SSSR count). The van der Waals surface area contributed by atoms with Gasteiger partial charge >= 0.3 is 0 Å². The molecule has 0 radical (unpaired) electrons. The van der Waals surface area contributed by atoms with Crippen molar-refractivity contribution in [1.82, 2.24) is 15.0 Å². The van der Waals surface area contributed by atoms with Gasteiger partial charge in [-0.3, -0.25) is 9.59 Å². The van der Waals surface area contributed by atoms with E-state index in [4.69, 9.17) is 13.9 Å². The zero-order valence-electron chi connectivity index (χ0n) is 16.6. The molecule has 3 heterocycles. The molecular weight excluding hydrogens is 393 g/mol. The number of aromatic amines is 2. The van der Waals surface area contributed by atoms with Gasteiger partial charge in [0.1, 0.15) is 39.8 Å². The number of rotatable bonds is 2. The van der Waals surface area contributed by atoms with Crippen LogP contribution >= 0.6 is 0 Å². The first-order valence-electron chi connectivity index (χ1n) is 9.26. The third-order valence-electron chi connectivity index (χ3n) is 4.60.